The normalized spacial score (nSPS) is 15.3. The molecule has 1 aliphatic rings. The lowest BCUT2D eigenvalue weighted by Crippen LogP contribution is -2.50. The predicted molar refractivity (Wildman–Crippen MR) is 118 cm³/mol. The minimum atomic E-state index is -3.70. The number of fused-ring (bicyclic) bond motifs is 2. The topological polar surface area (TPSA) is 83.5 Å². The number of aromatic nitrogens is 2. The highest BCUT2D eigenvalue weighted by atomic mass is 32.2. The first-order chi connectivity index (χ1) is 15.4. The van der Waals surface area contributed by atoms with Crippen LogP contribution < -0.4 is 0 Å². The summed E-state index contributed by atoms with van der Waals surface area (Å²) in [6.07, 6.45) is 2.89. The number of rotatable bonds is 3. The summed E-state index contributed by atoms with van der Waals surface area (Å²) in [5, 5.41) is 1.81. The molecule has 0 spiro atoms. The van der Waals surface area contributed by atoms with Gasteiger partial charge >= 0.3 is 0 Å². The van der Waals surface area contributed by atoms with Gasteiger partial charge in [0.15, 0.2) is 0 Å². The summed E-state index contributed by atoms with van der Waals surface area (Å²) in [6, 6.07) is 15.0. The van der Waals surface area contributed by atoms with Gasteiger partial charge in [-0.2, -0.15) is 4.31 Å². The Balaban J connectivity index is 1.36. The second kappa shape index (κ2) is 7.92. The molecule has 3 aromatic carbocycles. The monoisotopic (exact) mass is 450 g/mol. The van der Waals surface area contributed by atoms with Crippen molar-refractivity contribution in [3.63, 3.8) is 0 Å². The number of amides is 1. The van der Waals surface area contributed by atoms with Crippen molar-refractivity contribution in [2.45, 2.75) is 4.90 Å². The van der Waals surface area contributed by atoms with E-state index in [0.29, 0.717) is 11.0 Å². The minimum absolute atomic E-state index is 0.124. The van der Waals surface area contributed by atoms with Crippen molar-refractivity contribution >= 4 is 37.7 Å². The van der Waals surface area contributed by atoms with Crippen LogP contribution in [0.1, 0.15) is 10.4 Å². The van der Waals surface area contributed by atoms with Crippen molar-refractivity contribution in [3.05, 3.63) is 78.4 Å². The van der Waals surface area contributed by atoms with E-state index >= 15 is 0 Å². The van der Waals surface area contributed by atoms with Crippen LogP contribution in [0.3, 0.4) is 0 Å². The fraction of sp³-hybridized carbons (Fsp3) is 0.174. The fourth-order valence-electron chi connectivity index (χ4n) is 3.98. The smallest absolute Gasteiger partial charge is 0.256 e. The van der Waals surface area contributed by atoms with Crippen LogP contribution in [0.2, 0.25) is 0 Å². The summed E-state index contributed by atoms with van der Waals surface area (Å²) < 4.78 is 41.7. The van der Waals surface area contributed by atoms with Gasteiger partial charge < -0.3 is 4.90 Å². The highest BCUT2D eigenvalue weighted by Crippen LogP contribution is 2.24. The average Bonchev–Trinajstić information content (AvgIpc) is 2.82. The van der Waals surface area contributed by atoms with E-state index in [1.807, 2.05) is 24.3 Å². The van der Waals surface area contributed by atoms with Crippen molar-refractivity contribution in [1.29, 1.82) is 0 Å². The number of hydrogen-bond donors (Lipinski definition) is 0. The molecule has 1 amide bonds. The first kappa shape index (κ1) is 20.5. The van der Waals surface area contributed by atoms with Gasteiger partial charge in [-0.1, -0.05) is 30.3 Å². The summed E-state index contributed by atoms with van der Waals surface area (Å²) in [4.78, 5) is 23.1. The quantitative estimate of drug-likeness (QED) is 0.479. The molecule has 1 aromatic heterocycles. The van der Waals surface area contributed by atoms with Crippen LogP contribution in [0.4, 0.5) is 4.39 Å². The summed E-state index contributed by atoms with van der Waals surface area (Å²) in [6.45, 7) is 0.702. The van der Waals surface area contributed by atoms with Gasteiger partial charge in [0, 0.05) is 44.6 Å². The van der Waals surface area contributed by atoms with Gasteiger partial charge in [0.1, 0.15) is 11.3 Å². The number of sulfonamides is 1. The molecule has 1 fully saturated rings. The molecule has 4 aromatic rings. The van der Waals surface area contributed by atoms with Crippen LogP contribution in [0.5, 0.6) is 0 Å². The van der Waals surface area contributed by atoms with Crippen LogP contribution in [0, 0.1) is 5.82 Å². The van der Waals surface area contributed by atoms with Crippen LogP contribution in [-0.4, -0.2) is 59.7 Å². The molecular weight excluding hydrogens is 431 g/mol. The molecule has 0 aliphatic carbocycles. The lowest BCUT2D eigenvalue weighted by molar-refractivity contribution is 0.0699. The molecule has 1 aliphatic heterocycles. The maximum Gasteiger partial charge on any atom is 0.256 e. The minimum Gasteiger partial charge on any atom is -0.336 e. The van der Waals surface area contributed by atoms with E-state index in [1.165, 1.54) is 27.7 Å². The number of nitrogens with zero attached hydrogens (tertiary/aromatic N) is 4. The molecule has 5 rings (SSSR count). The van der Waals surface area contributed by atoms with Crippen LogP contribution in [0.15, 0.2) is 71.9 Å². The Bertz CT molecular complexity index is 1450. The van der Waals surface area contributed by atoms with E-state index in [1.54, 1.807) is 18.2 Å². The van der Waals surface area contributed by atoms with Gasteiger partial charge in [0.2, 0.25) is 10.0 Å². The molecule has 1 saturated heterocycles. The molecule has 0 bridgehead atoms. The SMILES string of the molecule is O=C(c1cc(F)cc2nccnc12)N1CCN(S(=O)(=O)c2ccc3ccccc3c2)CC1. The Kier molecular flexibility index (Phi) is 5.07. The van der Waals surface area contributed by atoms with Gasteiger partial charge in [-0.15, -0.1) is 0 Å². The van der Waals surface area contributed by atoms with Gasteiger partial charge in [-0.3, -0.25) is 14.8 Å². The molecule has 7 nitrogen and oxygen atoms in total. The molecule has 162 valence electrons. The average molecular weight is 450 g/mol. The number of carbonyl (C=O) groups excluding carboxylic acids is 1. The molecule has 0 unspecified atom stereocenters. The zero-order valence-electron chi connectivity index (χ0n) is 17.0. The van der Waals surface area contributed by atoms with E-state index in [9.17, 15) is 17.6 Å². The lowest BCUT2D eigenvalue weighted by atomic mass is 10.1. The Labute approximate surface area is 184 Å². The fourth-order valence-corrected chi connectivity index (χ4v) is 5.44. The molecule has 0 atom stereocenters. The summed E-state index contributed by atoms with van der Waals surface area (Å²) in [7, 11) is -3.70. The van der Waals surface area contributed by atoms with Gasteiger partial charge in [0.05, 0.1) is 16.0 Å². The molecule has 32 heavy (non-hydrogen) atoms. The third kappa shape index (κ3) is 3.59. The molecule has 0 saturated carbocycles. The van der Waals surface area contributed by atoms with Crippen molar-refractivity contribution in [3.8, 4) is 0 Å². The molecule has 2 heterocycles. The van der Waals surface area contributed by atoms with Gasteiger partial charge in [0.25, 0.3) is 5.91 Å². The van der Waals surface area contributed by atoms with E-state index in [4.69, 9.17) is 0 Å². The van der Waals surface area contributed by atoms with E-state index < -0.39 is 21.7 Å². The molecule has 0 radical (unpaired) electrons. The Hall–Kier alpha value is -3.43. The predicted octanol–water partition coefficient (Wildman–Crippen LogP) is 3.07. The molecule has 0 N–H and O–H groups in total. The Morgan fingerprint density at radius 2 is 1.59 bits per heavy atom. The zero-order valence-corrected chi connectivity index (χ0v) is 17.8. The highest BCUT2D eigenvalue weighted by Gasteiger charge is 2.31. The third-order valence-electron chi connectivity index (χ3n) is 5.65. The second-order valence-electron chi connectivity index (χ2n) is 7.58. The number of benzene rings is 3. The van der Waals surface area contributed by atoms with Crippen LogP contribution >= 0.6 is 0 Å². The first-order valence-electron chi connectivity index (χ1n) is 10.1. The van der Waals surface area contributed by atoms with Crippen molar-refractivity contribution in [1.82, 2.24) is 19.2 Å². The second-order valence-corrected chi connectivity index (χ2v) is 9.52. The van der Waals surface area contributed by atoms with E-state index in [-0.39, 0.29) is 36.6 Å². The summed E-state index contributed by atoms with van der Waals surface area (Å²) in [5.74, 6) is -0.961. The van der Waals surface area contributed by atoms with Crippen molar-refractivity contribution in [2.75, 3.05) is 26.2 Å². The first-order valence-corrected chi connectivity index (χ1v) is 11.6. The van der Waals surface area contributed by atoms with Gasteiger partial charge in [-0.25, -0.2) is 12.8 Å². The Morgan fingerprint density at radius 3 is 2.38 bits per heavy atom. The van der Waals surface area contributed by atoms with E-state index in [0.717, 1.165) is 16.8 Å². The maximum atomic E-state index is 14.0. The summed E-state index contributed by atoms with van der Waals surface area (Å²) in [5.41, 5.74) is 0.748. The van der Waals surface area contributed by atoms with Crippen molar-refractivity contribution < 1.29 is 17.6 Å². The van der Waals surface area contributed by atoms with Gasteiger partial charge in [-0.05, 0) is 29.0 Å². The van der Waals surface area contributed by atoms with Crippen LogP contribution in [0.25, 0.3) is 21.8 Å². The molecule has 9 heteroatoms. The van der Waals surface area contributed by atoms with Crippen molar-refractivity contribution in [2.24, 2.45) is 0 Å². The third-order valence-corrected chi connectivity index (χ3v) is 7.55. The largest absolute Gasteiger partial charge is 0.336 e. The summed E-state index contributed by atoms with van der Waals surface area (Å²) >= 11 is 0. The maximum absolute atomic E-state index is 14.0. The number of halogens is 1. The number of carbonyl (C=O) groups is 1. The zero-order chi connectivity index (χ0) is 22.3. The van der Waals surface area contributed by atoms with Crippen LogP contribution in [-0.2, 0) is 10.0 Å². The standard InChI is InChI=1S/C23H19FN4O3S/c24-18-14-20(22-21(15-18)25-7-8-26-22)23(29)27-9-11-28(12-10-27)32(30,31)19-6-5-16-3-1-2-4-17(16)13-19/h1-8,13-15H,9-12H2. The number of hydrogen-bond acceptors (Lipinski definition) is 5. The highest BCUT2D eigenvalue weighted by molar-refractivity contribution is 7.89. The number of piperazine rings is 1. The Morgan fingerprint density at radius 1 is 0.875 bits per heavy atom. The lowest BCUT2D eigenvalue weighted by Gasteiger charge is -2.34. The molecular formula is C23H19FN4O3S. The van der Waals surface area contributed by atoms with E-state index in [2.05, 4.69) is 9.97 Å².